The molecule has 1 saturated carbocycles. The number of hydrogen-bond donors (Lipinski definition) is 2. The molecule has 1 aliphatic rings. The normalized spacial score (nSPS) is 15.7. The Morgan fingerprint density at radius 1 is 1.29 bits per heavy atom. The van der Waals surface area contributed by atoms with E-state index in [0.29, 0.717) is 18.2 Å². The summed E-state index contributed by atoms with van der Waals surface area (Å²) in [6.45, 7) is 2.75. The number of aromatic nitrogens is 2. The molecule has 1 aromatic heterocycles. The lowest BCUT2D eigenvalue weighted by molar-refractivity contribution is -0.383. The highest BCUT2D eigenvalue weighted by Gasteiger charge is 2.25. The Bertz CT molecular complexity index is 474. The standard InChI is InChI=1S/C14H23N5O2/c1-2-3-9-15-13-12(19(20)21)14(17-10-16-13)18-11-7-5-4-6-8-11/h10-11H,2-9H2,1H3,(H2,15,16,17,18). The van der Waals surface area contributed by atoms with Crippen molar-refractivity contribution in [1.29, 1.82) is 0 Å². The lowest BCUT2D eigenvalue weighted by Gasteiger charge is -2.23. The maximum Gasteiger partial charge on any atom is 0.353 e. The molecule has 7 nitrogen and oxygen atoms in total. The van der Waals surface area contributed by atoms with Gasteiger partial charge >= 0.3 is 5.69 Å². The SMILES string of the molecule is CCCCNc1ncnc(NC2CCCCC2)c1[N+](=O)[O-]. The van der Waals surface area contributed by atoms with E-state index in [2.05, 4.69) is 27.5 Å². The van der Waals surface area contributed by atoms with Gasteiger partial charge in [-0.15, -0.1) is 0 Å². The van der Waals surface area contributed by atoms with Gasteiger partial charge in [0, 0.05) is 12.6 Å². The minimum atomic E-state index is -0.403. The van der Waals surface area contributed by atoms with Crippen LogP contribution in [0.2, 0.25) is 0 Å². The van der Waals surface area contributed by atoms with Crippen LogP contribution in [-0.4, -0.2) is 27.5 Å². The Balaban J connectivity index is 2.14. The van der Waals surface area contributed by atoms with E-state index in [1.54, 1.807) is 0 Å². The molecule has 0 unspecified atom stereocenters. The summed E-state index contributed by atoms with van der Waals surface area (Å²) in [6.07, 6.45) is 9.02. The molecule has 0 saturated heterocycles. The first kappa shape index (κ1) is 15.5. The van der Waals surface area contributed by atoms with Crippen molar-refractivity contribution in [3.8, 4) is 0 Å². The fourth-order valence-corrected chi connectivity index (χ4v) is 2.61. The second-order valence-electron chi connectivity index (χ2n) is 5.44. The predicted octanol–water partition coefficient (Wildman–Crippen LogP) is 3.34. The summed E-state index contributed by atoms with van der Waals surface area (Å²) >= 11 is 0. The van der Waals surface area contributed by atoms with Crippen molar-refractivity contribution in [2.45, 2.75) is 57.9 Å². The maximum absolute atomic E-state index is 11.4. The maximum atomic E-state index is 11.4. The smallest absolute Gasteiger partial charge is 0.353 e. The van der Waals surface area contributed by atoms with E-state index in [4.69, 9.17) is 0 Å². The van der Waals surface area contributed by atoms with Crippen LogP contribution >= 0.6 is 0 Å². The Kier molecular flexibility index (Phi) is 5.71. The molecule has 116 valence electrons. The first-order chi connectivity index (χ1) is 10.2. The lowest BCUT2D eigenvalue weighted by atomic mass is 9.95. The van der Waals surface area contributed by atoms with Gasteiger partial charge in [0.15, 0.2) is 0 Å². The summed E-state index contributed by atoms with van der Waals surface area (Å²) in [5, 5.41) is 17.6. The number of nitrogens with one attached hydrogen (secondary N) is 2. The summed E-state index contributed by atoms with van der Waals surface area (Å²) in [7, 11) is 0. The number of rotatable bonds is 7. The Morgan fingerprint density at radius 3 is 2.67 bits per heavy atom. The Labute approximate surface area is 124 Å². The molecule has 1 fully saturated rings. The quantitative estimate of drug-likeness (QED) is 0.455. The fourth-order valence-electron chi connectivity index (χ4n) is 2.61. The molecule has 0 aliphatic heterocycles. The minimum Gasteiger partial charge on any atom is -0.364 e. The van der Waals surface area contributed by atoms with Gasteiger partial charge in [0.05, 0.1) is 4.92 Å². The third-order valence-electron chi connectivity index (χ3n) is 3.77. The van der Waals surface area contributed by atoms with Gasteiger partial charge in [-0.3, -0.25) is 10.1 Å². The highest BCUT2D eigenvalue weighted by molar-refractivity contribution is 5.69. The van der Waals surface area contributed by atoms with Gasteiger partial charge in [-0.1, -0.05) is 32.6 Å². The van der Waals surface area contributed by atoms with Crippen LogP contribution in [0, 0.1) is 10.1 Å². The Hall–Kier alpha value is -1.92. The van der Waals surface area contributed by atoms with Crippen molar-refractivity contribution >= 4 is 17.3 Å². The third kappa shape index (κ3) is 4.27. The van der Waals surface area contributed by atoms with Gasteiger partial charge < -0.3 is 10.6 Å². The fraction of sp³-hybridized carbons (Fsp3) is 0.714. The van der Waals surface area contributed by atoms with E-state index < -0.39 is 4.92 Å². The molecule has 1 aliphatic carbocycles. The van der Waals surface area contributed by atoms with Crippen LogP contribution in [0.25, 0.3) is 0 Å². The molecule has 1 heterocycles. The van der Waals surface area contributed by atoms with Gasteiger partial charge in [-0.05, 0) is 19.3 Å². The highest BCUT2D eigenvalue weighted by atomic mass is 16.6. The van der Waals surface area contributed by atoms with E-state index in [1.807, 2.05) is 0 Å². The van der Waals surface area contributed by atoms with E-state index in [-0.39, 0.29) is 11.7 Å². The van der Waals surface area contributed by atoms with Crippen LogP contribution in [0.1, 0.15) is 51.9 Å². The summed E-state index contributed by atoms with van der Waals surface area (Å²) in [6, 6.07) is 0.274. The molecular weight excluding hydrogens is 270 g/mol. The van der Waals surface area contributed by atoms with Crippen LogP contribution in [0.15, 0.2) is 6.33 Å². The van der Waals surface area contributed by atoms with Crippen LogP contribution in [-0.2, 0) is 0 Å². The predicted molar refractivity (Wildman–Crippen MR) is 82.6 cm³/mol. The number of anilines is 2. The number of nitrogens with zero attached hydrogens (tertiary/aromatic N) is 3. The monoisotopic (exact) mass is 293 g/mol. The Morgan fingerprint density at radius 2 is 2.00 bits per heavy atom. The number of unbranched alkanes of at least 4 members (excludes halogenated alkanes) is 1. The molecule has 0 atom stereocenters. The van der Waals surface area contributed by atoms with Crippen molar-refractivity contribution in [2.24, 2.45) is 0 Å². The molecule has 1 aromatic rings. The van der Waals surface area contributed by atoms with Gasteiger partial charge in [0.2, 0.25) is 11.6 Å². The van der Waals surface area contributed by atoms with Gasteiger partial charge in [-0.25, -0.2) is 9.97 Å². The zero-order valence-corrected chi connectivity index (χ0v) is 12.5. The zero-order chi connectivity index (χ0) is 15.1. The van der Waals surface area contributed by atoms with Gasteiger partial charge in [-0.2, -0.15) is 0 Å². The van der Waals surface area contributed by atoms with E-state index in [9.17, 15) is 10.1 Å². The summed E-state index contributed by atoms with van der Waals surface area (Å²) < 4.78 is 0. The first-order valence-electron chi connectivity index (χ1n) is 7.72. The third-order valence-corrected chi connectivity index (χ3v) is 3.77. The van der Waals surface area contributed by atoms with Gasteiger partial charge in [0.1, 0.15) is 6.33 Å². The molecular formula is C14H23N5O2. The van der Waals surface area contributed by atoms with Crippen molar-refractivity contribution in [3.63, 3.8) is 0 Å². The zero-order valence-electron chi connectivity index (χ0n) is 12.5. The highest BCUT2D eigenvalue weighted by Crippen LogP contribution is 2.31. The average Bonchev–Trinajstić information content (AvgIpc) is 2.48. The van der Waals surface area contributed by atoms with Crippen molar-refractivity contribution in [1.82, 2.24) is 9.97 Å². The average molecular weight is 293 g/mol. The van der Waals surface area contributed by atoms with Gasteiger partial charge in [0.25, 0.3) is 0 Å². The van der Waals surface area contributed by atoms with Crippen molar-refractivity contribution in [3.05, 3.63) is 16.4 Å². The molecule has 0 bridgehead atoms. The second kappa shape index (κ2) is 7.75. The van der Waals surface area contributed by atoms with Crippen LogP contribution in [0.4, 0.5) is 17.3 Å². The molecule has 0 amide bonds. The largest absolute Gasteiger partial charge is 0.364 e. The number of hydrogen-bond acceptors (Lipinski definition) is 6. The van der Waals surface area contributed by atoms with Crippen molar-refractivity contribution < 1.29 is 4.92 Å². The molecule has 0 aromatic carbocycles. The summed E-state index contributed by atoms with van der Waals surface area (Å²) in [5.41, 5.74) is -0.0424. The first-order valence-corrected chi connectivity index (χ1v) is 7.72. The van der Waals surface area contributed by atoms with E-state index >= 15 is 0 Å². The van der Waals surface area contributed by atoms with Crippen LogP contribution in [0.5, 0.6) is 0 Å². The van der Waals surface area contributed by atoms with E-state index in [0.717, 1.165) is 38.5 Å². The summed E-state index contributed by atoms with van der Waals surface area (Å²) in [5.74, 6) is 0.641. The number of nitro groups is 1. The molecule has 7 heteroatoms. The van der Waals surface area contributed by atoms with Crippen LogP contribution < -0.4 is 10.6 Å². The molecule has 0 spiro atoms. The molecule has 21 heavy (non-hydrogen) atoms. The molecule has 0 radical (unpaired) electrons. The topological polar surface area (TPSA) is 93.0 Å². The second-order valence-corrected chi connectivity index (χ2v) is 5.44. The lowest BCUT2D eigenvalue weighted by Crippen LogP contribution is -2.23. The molecule has 2 rings (SSSR count). The van der Waals surface area contributed by atoms with Crippen molar-refractivity contribution in [2.75, 3.05) is 17.2 Å². The minimum absolute atomic E-state index is 0.0424. The molecule has 2 N–H and O–H groups in total. The summed E-state index contributed by atoms with van der Waals surface area (Å²) in [4.78, 5) is 19.1. The van der Waals surface area contributed by atoms with Crippen LogP contribution in [0.3, 0.4) is 0 Å². The van der Waals surface area contributed by atoms with E-state index in [1.165, 1.54) is 12.7 Å².